The Morgan fingerprint density at radius 3 is 2.79 bits per heavy atom. The van der Waals surface area contributed by atoms with Gasteiger partial charge in [-0.3, -0.25) is 0 Å². The van der Waals surface area contributed by atoms with Gasteiger partial charge in [0.25, 0.3) is 0 Å². The first-order valence-electron chi connectivity index (χ1n) is 5.40. The highest BCUT2D eigenvalue weighted by molar-refractivity contribution is 5.20. The molecule has 78 valence electrons. The molecule has 0 amide bonds. The van der Waals surface area contributed by atoms with Crippen molar-refractivity contribution in [3.05, 3.63) is 17.0 Å². The Morgan fingerprint density at radius 1 is 1.43 bits per heavy atom. The van der Waals surface area contributed by atoms with Crippen molar-refractivity contribution >= 4 is 0 Å². The molecule has 0 spiro atoms. The fraction of sp³-hybridized carbons (Fsp3) is 0.727. The molecule has 0 radical (unpaired) electrons. The molecule has 0 atom stereocenters. The van der Waals surface area contributed by atoms with Crippen molar-refractivity contribution in [2.45, 2.75) is 39.7 Å². The van der Waals surface area contributed by atoms with Crippen LogP contribution in [0.2, 0.25) is 0 Å². The molecule has 0 unspecified atom stereocenters. The van der Waals surface area contributed by atoms with Crippen LogP contribution in [0.3, 0.4) is 0 Å². The molecular formula is C11H18N2O. The summed E-state index contributed by atoms with van der Waals surface area (Å²) in [5.74, 6) is 1.95. The van der Waals surface area contributed by atoms with E-state index in [1.807, 2.05) is 13.8 Å². The molecule has 1 aliphatic rings. The summed E-state index contributed by atoms with van der Waals surface area (Å²) in [7, 11) is 0. The molecule has 1 fully saturated rings. The molecule has 1 aromatic heterocycles. The first kappa shape index (κ1) is 9.71. The van der Waals surface area contributed by atoms with Gasteiger partial charge in [-0.15, -0.1) is 0 Å². The van der Waals surface area contributed by atoms with Gasteiger partial charge in [0.05, 0.1) is 5.69 Å². The summed E-state index contributed by atoms with van der Waals surface area (Å²) in [5.41, 5.74) is 2.24. The third-order valence-corrected chi connectivity index (χ3v) is 2.91. The van der Waals surface area contributed by atoms with Gasteiger partial charge in [0.2, 0.25) is 0 Å². The van der Waals surface area contributed by atoms with E-state index in [0.717, 1.165) is 30.5 Å². The van der Waals surface area contributed by atoms with Crippen LogP contribution in [0.25, 0.3) is 0 Å². The molecule has 14 heavy (non-hydrogen) atoms. The van der Waals surface area contributed by atoms with Gasteiger partial charge in [-0.25, -0.2) is 0 Å². The highest BCUT2D eigenvalue weighted by atomic mass is 16.5. The molecule has 2 rings (SSSR count). The van der Waals surface area contributed by atoms with Crippen molar-refractivity contribution in [3.63, 3.8) is 0 Å². The van der Waals surface area contributed by atoms with Gasteiger partial charge >= 0.3 is 0 Å². The zero-order valence-electron chi connectivity index (χ0n) is 8.97. The van der Waals surface area contributed by atoms with Crippen molar-refractivity contribution in [2.24, 2.45) is 5.92 Å². The summed E-state index contributed by atoms with van der Waals surface area (Å²) in [6, 6.07) is 0. The number of nitrogens with one attached hydrogen (secondary N) is 1. The average molecular weight is 194 g/mol. The van der Waals surface area contributed by atoms with Gasteiger partial charge in [-0.05, 0) is 32.7 Å². The summed E-state index contributed by atoms with van der Waals surface area (Å²) in [6.07, 6.45) is 4.20. The molecular weight excluding hydrogens is 176 g/mol. The minimum Gasteiger partial charge on any atom is -0.361 e. The third kappa shape index (κ3) is 2.35. The Balaban J connectivity index is 1.73. The zero-order chi connectivity index (χ0) is 9.97. The van der Waals surface area contributed by atoms with E-state index in [1.54, 1.807) is 0 Å². The van der Waals surface area contributed by atoms with Crippen LogP contribution in [0.4, 0.5) is 0 Å². The van der Waals surface area contributed by atoms with Crippen LogP contribution in [0, 0.1) is 19.8 Å². The van der Waals surface area contributed by atoms with Gasteiger partial charge in [0.1, 0.15) is 5.76 Å². The second-order valence-corrected chi connectivity index (χ2v) is 4.21. The van der Waals surface area contributed by atoms with Crippen molar-refractivity contribution in [3.8, 4) is 0 Å². The van der Waals surface area contributed by atoms with Crippen LogP contribution >= 0.6 is 0 Å². The van der Waals surface area contributed by atoms with Crippen LogP contribution in [-0.2, 0) is 6.54 Å². The molecule has 1 heterocycles. The number of hydrogen-bond donors (Lipinski definition) is 1. The van der Waals surface area contributed by atoms with Gasteiger partial charge in [-0.2, -0.15) is 0 Å². The van der Waals surface area contributed by atoms with E-state index in [2.05, 4.69) is 10.5 Å². The van der Waals surface area contributed by atoms with E-state index in [0.29, 0.717) is 0 Å². The van der Waals surface area contributed by atoms with Crippen LogP contribution in [0.1, 0.15) is 36.3 Å². The number of rotatable bonds is 5. The lowest BCUT2D eigenvalue weighted by Crippen LogP contribution is -2.15. The van der Waals surface area contributed by atoms with Crippen LogP contribution in [0.5, 0.6) is 0 Å². The third-order valence-electron chi connectivity index (χ3n) is 2.91. The molecule has 1 saturated carbocycles. The topological polar surface area (TPSA) is 38.1 Å². The van der Waals surface area contributed by atoms with Gasteiger partial charge in [0.15, 0.2) is 0 Å². The minimum absolute atomic E-state index is 0.897. The maximum absolute atomic E-state index is 5.10. The largest absolute Gasteiger partial charge is 0.361 e. The van der Waals surface area contributed by atoms with Gasteiger partial charge < -0.3 is 9.84 Å². The maximum Gasteiger partial charge on any atom is 0.138 e. The number of aryl methyl sites for hydroxylation is 2. The molecule has 0 aromatic carbocycles. The standard InChI is InChI=1S/C11H18N2O/c1-8-11(9(2)14-13-8)7-12-6-5-10-3-4-10/h10,12H,3-7H2,1-2H3. The maximum atomic E-state index is 5.10. The quantitative estimate of drug-likeness (QED) is 0.730. The lowest BCUT2D eigenvalue weighted by Gasteiger charge is -2.02. The van der Waals surface area contributed by atoms with E-state index in [4.69, 9.17) is 4.52 Å². The average Bonchev–Trinajstić information content (AvgIpc) is 2.93. The first-order chi connectivity index (χ1) is 6.77. The van der Waals surface area contributed by atoms with E-state index >= 15 is 0 Å². The highest BCUT2D eigenvalue weighted by Crippen LogP contribution is 2.31. The second-order valence-electron chi connectivity index (χ2n) is 4.21. The number of aromatic nitrogens is 1. The smallest absolute Gasteiger partial charge is 0.138 e. The summed E-state index contributed by atoms with van der Waals surface area (Å²) >= 11 is 0. The predicted molar refractivity (Wildman–Crippen MR) is 55.0 cm³/mol. The first-order valence-corrected chi connectivity index (χ1v) is 5.40. The Morgan fingerprint density at radius 2 is 2.21 bits per heavy atom. The van der Waals surface area contributed by atoms with Crippen molar-refractivity contribution in [1.29, 1.82) is 0 Å². The monoisotopic (exact) mass is 194 g/mol. The molecule has 1 aromatic rings. The van der Waals surface area contributed by atoms with E-state index in [1.165, 1.54) is 24.8 Å². The predicted octanol–water partition coefficient (Wildman–Crippen LogP) is 2.18. The molecule has 3 nitrogen and oxygen atoms in total. The van der Waals surface area contributed by atoms with E-state index < -0.39 is 0 Å². The number of hydrogen-bond acceptors (Lipinski definition) is 3. The molecule has 1 N–H and O–H groups in total. The Labute approximate surface area is 84.9 Å². The van der Waals surface area contributed by atoms with E-state index in [-0.39, 0.29) is 0 Å². The number of nitrogens with zero attached hydrogens (tertiary/aromatic N) is 1. The van der Waals surface area contributed by atoms with Crippen molar-refractivity contribution < 1.29 is 4.52 Å². The van der Waals surface area contributed by atoms with Crippen LogP contribution in [0.15, 0.2) is 4.52 Å². The SMILES string of the molecule is Cc1noc(C)c1CNCCC1CC1. The fourth-order valence-corrected chi connectivity index (χ4v) is 1.68. The Kier molecular flexibility index (Phi) is 2.87. The summed E-state index contributed by atoms with van der Waals surface area (Å²) in [6.45, 7) is 5.98. The van der Waals surface area contributed by atoms with Gasteiger partial charge in [0, 0.05) is 12.1 Å². The molecule has 1 aliphatic carbocycles. The molecule has 0 bridgehead atoms. The van der Waals surface area contributed by atoms with Gasteiger partial charge in [-0.1, -0.05) is 18.0 Å². The Hall–Kier alpha value is -0.830. The fourth-order valence-electron chi connectivity index (χ4n) is 1.68. The van der Waals surface area contributed by atoms with Crippen LogP contribution in [-0.4, -0.2) is 11.7 Å². The zero-order valence-corrected chi connectivity index (χ0v) is 8.97. The lowest BCUT2D eigenvalue weighted by molar-refractivity contribution is 0.392. The molecule has 3 heteroatoms. The highest BCUT2D eigenvalue weighted by Gasteiger charge is 2.20. The minimum atomic E-state index is 0.897. The van der Waals surface area contributed by atoms with Crippen LogP contribution < -0.4 is 5.32 Å². The lowest BCUT2D eigenvalue weighted by atomic mass is 10.2. The Bertz CT molecular complexity index is 283. The normalized spacial score (nSPS) is 16.1. The summed E-state index contributed by atoms with van der Waals surface area (Å²) in [4.78, 5) is 0. The van der Waals surface area contributed by atoms with E-state index in [9.17, 15) is 0 Å². The molecule has 0 saturated heterocycles. The van der Waals surface area contributed by atoms with Crippen molar-refractivity contribution in [2.75, 3.05) is 6.54 Å². The second kappa shape index (κ2) is 4.13. The van der Waals surface area contributed by atoms with Crippen molar-refractivity contribution in [1.82, 2.24) is 10.5 Å². The molecule has 0 aliphatic heterocycles. The summed E-state index contributed by atoms with van der Waals surface area (Å²) < 4.78 is 5.10. The summed E-state index contributed by atoms with van der Waals surface area (Å²) in [5, 5.41) is 7.37.